The molecule has 0 amide bonds. The highest BCUT2D eigenvalue weighted by Crippen LogP contribution is 2.14. The lowest BCUT2D eigenvalue weighted by atomic mass is 9.95. The molecule has 2 nitrogen and oxygen atoms in total. The zero-order chi connectivity index (χ0) is 12.7. The van der Waals surface area contributed by atoms with E-state index in [1.807, 2.05) is 0 Å². The van der Waals surface area contributed by atoms with Crippen LogP contribution in [0.1, 0.15) is 44.2 Å². The molecule has 0 aliphatic carbocycles. The van der Waals surface area contributed by atoms with Crippen molar-refractivity contribution in [3.63, 3.8) is 0 Å². The second kappa shape index (κ2) is 7.46. The zero-order valence-corrected chi connectivity index (χ0v) is 11.4. The van der Waals surface area contributed by atoms with Crippen molar-refractivity contribution in [1.29, 1.82) is 0 Å². The van der Waals surface area contributed by atoms with Crippen LogP contribution in [0.25, 0.3) is 0 Å². The molecule has 0 saturated carbocycles. The van der Waals surface area contributed by atoms with E-state index in [4.69, 9.17) is 5.84 Å². The van der Waals surface area contributed by atoms with Gasteiger partial charge in [-0.15, -0.1) is 0 Å². The fourth-order valence-electron chi connectivity index (χ4n) is 2.02. The van der Waals surface area contributed by atoms with Gasteiger partial charge in [0, 0.05) is 6.04 Å². The summed E-state index contributed by atoms with van der Waals surface area (Å²) in [4.78, 5) is 0. The highest BCUT2D eigenvalue weighted by Gasteiger charge is 2.10. The summed E-state index contributed by atoms with van der Waals surface area (Å²) in [6.45, 7) is 6.64. The molecule has 0 radical (unpaired) electrons. The number of hydrogen-bond donors (Lipinski definition) is 2. The van der Waals surface area contributed by atoms with Gasteiger partial charge in [0.25, 0.3) is 0 Å². The highest BCUT2D eigenvalue weighted by molar-refractivity contribution is 5.21. The van der Waals surface area contributed by atoms with E-state index in [0.29, 0.717) is 6.04 Å². The highest BCUT2D eigenvalue weighted by atomic mass is 15.2. The Bertz CT molecular complexity index is 305. The standard InChI is InChI=1S/C15H26N2/c1-4-12(2)11-15(17-16)10-9-14-7-5-13(3)6-8-14/h5-8,12,15,17H,4,9-11,16H2,1-3H3. The van der Waals surface area contributed by atoms with Crippen molar-refractivity contribution >= 4 is 0 Å². The second-order valence-electron chi connectivity index (χ2n) is 5.14. The molecule has 0 heterocycles. The molecule has 0 aliphatic rings. The quantitative estimate of drug-likeness (QED) is 0.561. The van der Waals surface area contributed by atoms with Crippen molar-refractivity contribution in [3.05, 3.63) is 35.4 Å². The summed E-state index contributed by atoms with van der Waals surface area (Å²) in [5.74, 6) is 6.36. The van der Waals surface area contributed by atoms with Crippen molar-refractivity contribution in [2.45, 2.75) is 52.5 Å². The predicted octanol–water partition coefficient (Wildman–Crippen LogP) is 3.20. The number of aryl methyl sites for hydroxylation is 2. The van der Waals surface area contributed by atoms with Crippen molar-refractivity contribution in [2.75, 3.05) is 0 Å². The summed E-state index contributed by atoms with van der Waals surface area (Å²) in [6.07, 6.45) is 4.61. The van der Waals surface area contributed by atoms with Gasteiger partial charge in [-0.1, -0.05) is 50.1 Å². The number of benzene rings is 1. The Kier molecular flexibility index (Phi) is 6.23. The van der Waals surface area contributed by atoms with Gasteiger partial charge >= 0.3 is 0 Å². The first kappa shape index (κ1) is 14.2. The number of nitrogens with two attached hydrogens (primary N) is 1. The number of nitrogens with one attached hydrogen (secondary N) is 1. The molecule has 0 aliphatic heterocycles. The van der Waals surface area contributed by atoms with Crippen LogP contribution in [0, 0.1) is 12.8 Å². The average molecular weight is 234 g/mol. The van der Waals surface area contributed by atoms with Gasteiger partial charge in [-0.2, -0.15) is 0 Å². The predicted molar refractivity (Wildman–Crippen MR) is 74.7 cm³/mol. The second-order valence-corrected chi connectivity index (χ2v) is 5.14. The first-order chi connectivity index (χ1) is 8.15. The smallest absolute Gasteiger partial charge is 0.0216 e. The summed E-state index contributed by atoms with van der Waals surface area (Å²) in [5, 5.41) is 0. The maximum absolute atomic E-state index is 5.61. The maximum Gasteiger partial charge on any atom is 0.0216 e. The Balaban J connectivity index is 2.39. The van der Waals surface area contributed by atoms with E-state index in [1.165, 1.54) is 24.0 Å². The molecule has 96 valence electrons. The van der Waals surface area contributed by atoms with Crippen LogP contribution < -0.4 is 11.3 Å². The lowest BCUT2D eigenvalue weighted by molar-refractivity contribution is 0.381. The Morgan fingerprint density at radius 1 is 1.24 bits per heavy atom. The lowest BCUT2D eigenvalue weighted by Crippen LogP contribution is -2.36. The molecule has 0 saturated heterocycles. The summed E-state index contributed by atoms with van der Waals surface area (Å²) < 4.78 is 0. The lowest BCUT2D eigenvalue weighted by Gasteiger charge is -2.19. The van der Waals surface area contributed by atoms with Crippen LogP contribution >= 0.6 is 0 Å². The molecule has 1 rings (SSSR count). The largest absolute Gasteiger partial charge is 0.271 e. The van der Waals surface area contributed by atoms with E-state index in [9.17, 15) is 0 Å². The van der Waals surface area contributed by atoms with Gasteiger partial charge in [-0.05, 0) is 37.7 Å². The molecule has 0 aromatic heterocycles. The Labute approximate surface area is 106 Å². The fraction of sp³-hybridized carbons (Fsp3) is 0.600. The number of rotatable bonds is 7. The molecular weight excluding hydrogens is 208 g/mol. The van der Waals surface area contributed by atoms with E-state index in [-0.39, 0.29) is 0 Å². The molecule has 0 bridgehead atoms. The van der Waals surface area contributed by atoms with Crippen LogP contribution in [0.5, 0.6) is 0 Å². The molecule has 3 N–H and O–H groups in total. The Hall–Kier alpha value is -0.860. The zero-order valence-electron chi connectivity index (χ0n) is 11.4. The van der Waals surface area contributed by atoms with Crippen molar-refractivity contribution < 1.29 is 0 Å². The van der Waals surface area contributed by atoms with E-state index in [0.717, 1.165) is 18.8 Å². The first-order valence-corrected chi connectivity index (χ1v) is 6.67. The third-order valence-corrected chi connectivity index (χ3v) is 3.52. The van der Waals surface area contributed by atoms with E-state index >= 15 is 0 Å². The topological polar surface area (TPSA) is 38.0 Å². The van der Waals surface area contributed by atoms with Crippen molar-refractivity contribution in [2.24, 2.45) is 11.8 Å². The summed E-state index contributed by atoms with van der Waals surface area (Å²) in [7, 11) is 0. The molecule has 2 heteroatoms. The van der Waals surface area contributed by atoms with Crippen LogP contribution in [0.3, 0.4) is 0 Å². The van der Waals surface area contributed by atoms with Crippen LogP contribution in [0.4, 0.5) is 0 Å². The van der Waals surface area contributed by atoms with E-state index < -0.39 is 0 Å². The van der Waals surface area contributed by atoms with Crippen LogP contribution in [0.15, 0.2) is 24.3 Å². The molecule has 1 aromatic rings. The van der Waals surface area contributed by atoms with Gasteiger partial charge in [-0.25, -0.2) is 0 Å². The van der Waals surface area contributed by atoms with Crippen LogP contribution in [0.2, 0.25) is 0 Å². The summed E-state index contributed by atoms with van der Waals surface area (Å²) >= 11 is 0. The Morgan fingerprint density at radius 2 is 1.88 bits per heavy atom. The van der Waals surface area contributed by atoms with Gasteiger partial charge in [-0.3, -0.25) is 11.3 Å². The minimum atomic E-state index is 0.436. The van der Waals surface area contributed by atoms with Crippen molar-refractivity contribution in [3.8, 4) is 0 Å². The summed E-state index contributed by atoms with van der Waals surface area (Å²) in [6, 6.07) is 9.22. The van der Waals surface area contributed by atoms with Gasteiger partial charge in [0.05, 0.1) is 0 Å². The molecule has 0 fully saturated rings. The van der Waals surface area contributed by atoms with Gasteiger partial charge < -0.3 is 0 Å². The molecular formula is C15H26N2. The average Bonchev–Trinajstić information content (AvgIpc) is 2.36. The normalized spacial score (nSPS) is 14.6. The minimum absolute atomic E-state index is 0.436. The number of hydrogen-bond acceptors (Lipinski definition) is 2. The van der Waals surface area contributed by atoms with Gasteiger partial charge in [0.1, 0.15) is 0 Å². The minimum Gasteiger partial charge on any atom is -0.271 e. The summed E-state index contributed by atoms with van der Waals surface area (Å²) in [5.41, 5.74) is 5.67. The van der Waals surface area contributed by atoms with E-state index in [1.54, 1.807) is 0 Å². The monoisotopic (exact) mass is 234 g/mol. The fourth-order valence-corrected chi connectivity index (χ4v) is 2.02. The molecule has 2 unspecified atom stereocenters. The van der Waals surface area contributed by atoms with E-state index in [2.05, 4.69) is 50.5 Å². The van der Waals surface area contributed by atoms with Crippen LogP contribution in [-0.2, 0) is 6.42 Å². The molecule has 1 aromatic carbocycles. The van der Waals surface area contributed by atoms with Gasteiger partial charge in [0.2, 0.25) is 0 Å². The first-order valence-electron chi connectivity index (χ1n) is 6.67. The molecule has 0 spiro atoms. The SMILES string of the molecule is CCC(C)CC(CCc1ccc(C)cc1)NN. The third-order valence-electron chi connectivity index (χ3n) is 3.52. The molecule has 17 heavy (non-hydrogen) atoms. The molecule has 2 atom stereocenters. The number of hydrazine groups is 1. The van der Waals surface area contributed by atoms with Crippen LogP contribution in [-0.4, -0.2) is 6.04 Å². The third kappa shape index (κ3) is 5.33. The Morgan fingerprint density at radius 3 is 2.41 bits per heavy atom. The maximum atomic E-state index is 5.61. The van der Waals surface area contributed by atoms with Gasteiger partial charge in [0.15, 0.2) is 0 Å². The van der Waals surface area contributed by atoms with Crippen molar-refractivity contribution in [1.82, 2.24) is 5.43 Å².